The number of benzene rings is 2. The van der Waals surface area contributed by atoms with Crippen molar-refractivity contribution < 1.29 is 26.5 Å². The van der Waals surface area contributed by atoms with Gasteiger partial charge in [0, 0.05) is 24.5 Å². The molecule has 2 N–H and O–H groups in total. The van der Waals surface area contributed by atoms with Crippen LogP contribution in [0.4, 0.5) is 11.4 Å². The number of hydrogen-bond acceptors (Lipinski definition) is 4. The maximum absolute atomic E-state index is 4.22. The van der Waals surface area contributed by atoms with Gasteiger partial charge in [-0.15, -0.1) is 23.5 Å². The minimum absolute atomic E-state index is 0. The number of aromatic nitrogens is 2. The second-order valence-electron chi connectivity index (χ2n) is 6.49. The molecule has 2 aromatic heterocycles. The molecular formula is C26H26N4NiS2+4. The summed E-state index contributed by atoms with van der Waals surface area (Å²) < 4.78 is 0. The molecular weight excluding hydrogens is 491 g/mol. The summed E-state index contributed by atoms with van der Waals surface area (Å²) in [7, 11) is 0. The van der Waals surface area contributed by atoms with Crippen LogP contribution >= 0.6 is 23.5 Å². The van der Waals surface area contributed by atoms with Gasteiger partial charge in [-0.1, -0.05) is 36.4 Å². The van der Waals surface area contributed by atoms with E-state index < -0.39 is 0 Å². The second-order valence-corrected chi connectivity index (χ2v) is 8.18. The molecule has 4 aromatic rings. The van der Waals surface area contributed by atoms with Gasteiger partial charge in [0.15, 0.2) is 12.4 Å². The Morgan fingerprint density at radius 3 is 1.33 bits per heavy atom. The smallest absolute Gasteiger partial charge is 0.251 e. The van der Waals surface area contributed by atoms with Crippen LogP contribution in [0, 0.1) is 0 Å². The predicted octanol–water partition coefficient (Wildman–Crippen LogP) is 3.27. The first-order valence-corrected chi connectivity index (χ1v) is 12.5. The zero-order valence-electron chi connectivity index (χ0n) is 18.4. The summed E-state index contributed by atoms with van der Waals surface area (Å²) in [6.45, 7) is 0. The van der Waals surface area contributed by atoms with Crippen LogP contribution in [0.25, 0.3) is 0 Å². The van der Waals surface area contributed by atoms with Crippen LogP contribution in [-0.4, -0.2) is 34.9 Å². The Kier molecular flexibility index (Phi) is 12.2. The van der Waals surface area contributed by atoms with E-state index >= 15 is 0 Å². The molecule has 0 atom stereocenters. The Bertz CT molecular complexity index is 1060. The Labute approximate surface area is 214 Å². The molecule has 168 valence electrons. The van der Waals surface area contributed by atoms with Gasteiger partial charge in [-0.05, 0) is 48.9 Å². The molecule has 2 heterocycles. The van der Waals surface area contributed by atoms with Crippen LogP contribution in [-0.2, 0) is 16.5 Å². The maximum atomic E-state index is 4.22. The molecule has 33 heavy (non-hydrogen) atoms. The number of pyridine rings is 2. The molecule has 0 radical (unpaired) electrons. The van der Waals surface area contributed by atoms with Gasteiger partial charge < -0.3 is 0 Å². The van der Waals surface area contributed by atoms with Crippen molar-refractivity contribution in [1.82, 2.24) is 9.97 Å². The minimum atomic E-state index is 0. The Morgan fingerprint density at radius 2 is 0.970 bits per heavy atom. The van der Waals surface area contributed by atoms with E-state index in [0.717, 1.165) is 22.8 Å². The molecule has 4 rings (SSSR count). The van der Waals surface area contributed by atoms with Crippen LogP contribution in [0.1, 0.15) is 11.4 Å². The fourth-order valence-electron chi connectivity index (χ4n) is 2.75. The van der Waals surface area contributed by atoms with Gasteiger partial charge in [-0.25, -0.2) is 9.98 Å². The van der Waals surface area contributed by atoms with Crippen molar-refractivity contribution in [2.75, 3.05) is 12.5 Å². The third-order valence-electron chi connectivity index (χ3n) is 4.34. The summed E-state index contributed by atoms with van der Waals surface area (Å²) in [6.07, 6.45) is 11.5. The van der Waals surface area contributed by atoms with Crippen molar-refractivity contribution in [2.45, 2.75) is 9.79 Å². The van der Waals surface area contributed by atoms with E-state index in [4.69, 9.17) is 0 Å². The summed E-state index contributed by atoms with van der Waals surface area (Å²) in [5.41, 5.74) is 4.08. The summed E-state index contributed by atoms with van der Waals surface area (Å²) in [6, 6.07) is 28.1. The molecule has 2 aromatic carbocycles. The molecule has 0 saturated heterocycles. The monoisotopic (exact) mass is 516 g/mol. The van der Waals surface area contributed by atoms with Gasteiger partial charge in [0.1, 0.15) is 11.4 Å². The van der Waals surface area contributed by atoms with E-state index in [2.05, 4.69) is 56.7 Å². The maximum Gasteiger partial charge on any atom is 2.00 e. The van der Waals surface area contributed by atoms with Crippen LogP contribution < -0.4 is 9.98 Å². The molecule has 7 heteroatoms. The molecule has 0 bridgehead atoms. The zero-order valence-corrected chi connectivity index (χ0v) is 21.0. The van der Waals surface area contributed by atoms with Gasteiger partial charge in [0.2, 0.25) is 11.4 Å². The summed E-state index contributed by atoms with van der Waals surface area (Å²) >= 11 is 3.46. The third kappa shape index (κ3) is 8.97. The minimum Gasteiger partial charge on any atom is -0.251 e. The molecule has 0 fully saturated rings. The molecule has 0 aliphatic carbocycles. The zero-order chi connectivity index (χ0) is 22.4. The van der Waals surface area contributed by atoms with E-state index in [1.54, 1.807) is 35.9 Å². The Balaban J connectivity index is 0.000000227. The normalized spacial score (nSPS) is 10.5. The fraction of sp³-hybridized carbons (Fsp3) is 0.0769. The first-order valence-electron chi connectivity index (χ1n) is 10.1. The molecule has 0 saturated carbocycles. The van der Waals surface area contributed by atoms with Gasteiger partial charge in [0.25, 0.3) is 0 Å². The SMILES string of the molecule is CSc1ccccc1[NH+]=Cc1ccccn1.CSc1ccccc1[NH+]=Cc1ccccn1.[Ni+2]. The van der Waals surface area contributed by atoms with E-state index in [0.29, 0.717) is 0 Å². The molecule has 0 aliphatic rings. The van der Waals surface area contributed by atoms with Crippen molar-refractivity contribution in [1.29, 1.82) is 0 Å². The largest absolute Gasteiger partial charge is 2.00 e. The van der Waals surface area contributed by atoms with E-state index in [-0.39, 0.29) is 16.5 Å². The topological polar surface area (TPSA) is 53.7 Å². The first-order chi connectivity index (χ1) is 15.8. The Morgan fingerprint density at radius 1 is 0.576 bits per heavy atom. The fourth-order valence-corrected chi connectivity index (χ4v) is 3.88. The molecule has 0 spiro atoms. The van der Waals surface area contributed by atoms with Gasteiger partial charge >= 0.3 is 16.5 Å². The summed E-state index contributed by atoms with van der Waals surface area (Å²) in [5, 5.41) is 0. The second kappa shape index (κ2) is 15.2. The van der Waals surface area contributed by atoms with Crippen molar-refractivity contribution in [3.63, 3.8) is 0 Å². The van der Waals surface area contributed by atoms with E-state index in [1.807, 2.05) is 73.1 Å². The van der Waals surface area contributed by atoms with E-state index in [9.17, 15) is 0 Å². The van der Waals surface area contributed by atoms with E-state index in [1.165, 1.54) is 9.79 Å². The van der Waals surface area contributed by atoms with Crippen LogP contribution in [0.15, 0.2) is 107 Å². The average Bonchev–Trinajstić information content (AvgIpc) is 2.88. The van der Waals surface area contributed by atoms with Crippen LogP contribution in [0.2, 0.25) is 0 Å². The van der Waals surface area contributed by atoms with Gasteiger partial charge in [-0.2, -0.15) is 0 Å². The van der Waals surface area contributed by atoms with Gasteiger partial charge in [0.05, 0.1) is 9.79 Å². The van der Waals surface area contributed by atoms with Crippen molar-refractivity contribution in [3.8, 4) is 0 Å². The molecule has 0 amide bonds. The summed E-state index contributed by atoms with van der Waals surface area (Å²) in [4.78, 5) is 17.5. The quantitative estimate of drug-likeness (QED) is 0.234. The van der Waals surface area contributed by atoms with Gasteiger partial charge in [-0.3, -0.25) is 9.97 Å². The third-order valence-corrected chi connectivity index (χ3v) is 5.93. The standard InChI is InChI=1S/2C13H12N2S.Ni/c2*1-16-13-8-3-2-7-12(13)15-10-11-6-4-5-9-14-11;/h2*2-10H,1H3;/q;;+2/p+2. The number of nitrogens with zero attached hydrogens (tertiary/aromatic N) is 2. The summed E-state index contributed by atoms with van der Waals surface area (Å²) in [5.74, 6) is 0. The van der Waals surface area contributed by atoms with Crippen molar-refractivity contribution in [2.24, 2.45) is 0 Å². The number of thioether (sulfide) groups is 2. The Hall–Kier alpha value is -2.73. The number of nitrogens with one attached hydrogen (secondary N) is 2. The predicted molar refractivity (Wildman–Crippen MR) is 136 cm³/mol. The average molecular weight is 517 g/mol. The first kappa shape index (κ1) is 26.5. The molecule has 0 aliphatic heterocycles. The van der Waals surface area contributed by atoms with Crippen LogP contribution in [0.5, 0.6) is 0 Å². The molecule has 0 unspecified atom stereocenters. The number of rotatable bonds is 6. The molecule has 4 nitrogen and oxygen atoms in total. The van der Waals surface area contributed by atoms with Crippen LogP contribution in [0.3, 0.4) is 0 Å². The van der Waals surface area contributed by atoms with Crippen molar-refractivity contribution >= 4 is 47.3 Å². The van der Waals surface area contributed by atoms with Crippen molar-refractivity contribution in [3.05, 3.63) is 109 Å². The number of hydrogen-bond donors (Lipinski definition) is 2. The number of para-hydroxylation sites is 2.